The first kappa shape index (κ1) is 55.6. The first-order valence-electron chi connectivity index (χ1n) is 25.3. The average Bonchev–Trinajstić information content (AvgIpc) is 3.72. The normalized spacial score (nSPS) is 17.4. The number of carbonyl (C=O) groups is 8. The third-order valence-electron chi connectivity index (χ3n) is 14.2. The number of halogens is 1. The largest absolute Gasteiger partial charge is 0.460 e. The van der Waals surface area contributed by atoms with Gasteiger partial charge in [-0.25, -0.2) is 14.2 Å². The lowest BCUT2D eigenvalue weighted by atomic mass is 9.80. The van der Waals surface area contributed by atoms with Crippen molar-refractivity contribution < 1.29 is 57.3 Å². The van der Waals surface area contributed by atoms with E-state index in [1.54, 1.807) is 84.9 Å². The smallest absolute Gasteiger partial charge is 0.343 e. The second-order valence-corrected chi connectivity index (χ2v) is 21.3. The topological polar surface area (TPSA) is 284 Å². The van der Waals surface area contributed by atoms with E-state index >= 15 is 4.39 Å². The van der Waals surface area contributed by atoms with Gasteiger partial charge < -0.3 is 46.1 Å². The summed E-state index contributed by atoms with van der Waals surface area (Å²) in [6, 6.07) is 9.04. The van der Waals surface area contributed by atoms with E-state index in [-0.39, 0.29) is 88.1 Å². The van der Waals surface area contributed by atoms with E-state index in [1.807, 2.05) is 0 Å². The Labute approximate surface area is 433 Å². The maximum atomic E-state index is 15.5. The molecular formula is C55H66FN7O12. The monoisotopic (exact) mass is 1040 g/mol. The van der Waals surface area contributed by atoms with Crippen LogP contribution in [0.25, 0.3) is 22.3 Å². The van der Waals surface area contributed by atoms with Crippen molar-refractivity contribution in [3.63, 3.8) is 0 Å². The molecule has 7 rings (SSSR count). The predicted octanol–water partition coefficient (Wildman–Crippen LogP) is 3.76. The van der Waals surface area contributed by atoms with Gasteiger partial charge in [0, 0.05) is 60.2 Å². The van der Waals surface area contributed by atoms with E-state index in [0.29, 0.717) is 51.8 Å². The molecule has 75 heavy (non-hydrogen) atoms. The van der Waals surface area contributed by atoms with Crippen molar-refractivity contribution in [1.29, 1.82) is 0 Å². The van der Waals surface area contributed by atoms with Gasteiger partial charge in [0.25, 0.3) is 5.56 Å². The average molecular weight is 1040 g/mol. The molecule has 7 N–H and O–H groups in total. The lowest BCUT2D eigenvalue weighted by Gasteiger charge is -2.33. The number of cyclic esters (lactones) is 1. The number of nitrogens with one attached hydrogen (secondary N) is 4. The number of nitrogens with two attached hydrogens (primary N) is 1. The summed E-state index contributed by atoms with van der Waals surface area (Å²) < 4.78 is 27.4. The lowest BCUT2D eigenvalue weighted by molar-refractivity contribution is -0.172. The van der Waals surface area contributed by atoms with Gasteiger partial charge in [0.2, 0.25) is 23.6 Å². The van der Waals surface area contributed by atoms with Crippen LogP contribution in [0.3, 0.4) is 0 Å². The molecule has 4 heterocycles. The molecular weight excluding hydrogens is 970 g/mol. The highest BCUT2D eigenvalue weighted by Gasteiger charge is 2.46. The van der Waals surface area contributed by atoms with Crippen LogP contribution in [-0.4, -0.2) is 92.6 Å². The standard InChI is InChI=1S/C55H66FN7O12/c1-8-55(73)35-23-41-48-33(27-63(41)50(70)34(35)28-74-52(55)72)47-38(16-15-32-29(2)36(56)24-40(61-48)46(32)47)62-51(71)54(6,7)20-21-58-43(66)19-17-42(65)39(22-30-12-10-9-11-13-30)60-44(67)18-14-31(64)26-59-49(69)37(57)25-45(68)75-53(3,4)5/h9-13,23-24,37-39,73H,8,14-22,25-28,57H2,1-7H3,(H,58,66)(H,59,69)(H,60,67)(H,62,71)/t37-,38-,39-,55-/m0/s1. The number of ketones is 2. The molecule has 20 heteroatoms. The summed E-state index contributed by atoms with van der Waals surface area (Å²) in [7, 11) is 0. The third-order valence-corrected chi connectivity index (χ3v) is 14.2. The van der Waals surface area contributed by atoms with Crippen molar-refractivity contribution in [2.45, 2.75) is 155 Å². The molecule has 0 unspecified atom stereocenters. The van der Waals surface area contributed by atoms with Crippen molar-refractivity contribution in [2.75, 3.05) is 13.1 Å². The number of Topliss-reactive ketones (excluding diaryl/α,β-unsaturated/α-hetero) is 2. The second kappa shape index (κ2) is 22.3. The van der Waals surface area contributed by atoms with E-state index in [0.717, 1.165) is 11.1 Å². The maximum Gasteiger partial charge on any atom is 0.343 e. The highest BCUT2D eigenvalue weighted by atomic mass is 19.1. The van der Waals surface area contributed by atoms with Crippen LogP contribution in [-0.2, 0) is 79.4 Å². The second-order valence-electron chi connectivity index (χ2n) is 21.3. The van der Waals surface area contributed by atoms with Crippen molar-refractivity contribution in [3.05, 3.63) is 97.6 Å². The molecule has 400 valence electrons. The van der Waals surface area contributed by atoms with Crippen molar-refractivity contribution in [2.24, 2.45) is 11.1 Å². The van der Waals surface area contributed by atoms with Gasteiger partial charge in [-0.05, 0) is 88.1 Å². The van der Waals surface area contributed by atoms with Crippen LogP contribution in [0.2, 0.25) is 0 Å². The minimum atomic E-state index is -2.04. The molecule has 0 radical (unpaired) electrons. The Morgan fingerprint density at radius 1 is 0.960 bits per heavy atom. The van der Waals surface area contributed by atoms with Gasteiger partial charge in [-0.15, -0.1) is 0 Å². The number of aliphatic hydroxyl groups is 1. The SMILES string of the molecule is CC[C@@]1(O)C(=O)OCc2c1cc1n(c2=O)Cc2c-1nc1cc(F)c(C)c3c1c2[C@@H](NC(=O)C(C)(C)CCNC(=O)CCC(=O)[C@H](Cc1ccccc1)NC(=O)CCC(=O)CNC(=O)[C@@H](N)CC(=O)OC(C)(C)C)CC3. The Hall–Kier alpha value is -7.19. The fraction of sp³-hybridized carbons (Fsp3) is 0.491. The number of rotatable bonds is 21. The van der Waals surface area contributed by atoms with Crippen LogP contribution in [0.15, 0.2) is 47.3 Å². The molecule has 4 aromatic rings. The van der Waals surface area contributed by atoms with E-state index in [2.05, 4.69) is 21.3 Å². The molecule has 0 saturated carbocycles. The zero-order chi connectivity index (χ0) is 54.7. The molecule has 2 aromatic heterocycles. The molecule has 2 aromatic carbocycles. The van der Waals surface area contributed by atoms with E-state index in [4.69, 9.17) is 20.2 Å². The Morgan fingerprint density at radius 2 is 1.67 bits per heavy atom. The number of fused-ring (bicyclic) bond motifs is 5. The van der Waals surface area contributed by atoms with Crippen LogP contribution >= 0.6 is 0 Å². The molecule has 0 spiro atoms. The molecule has 3 aliphatic rings. The first-order valence-corrected chi connectivity index (χ1v) is 25.3. The number of pyridine rings is 2. The zero-order valence-corrected chi connectivity index (χ0v) is 43.5. The Kier molecular flexibility index (Phi) is 16.5. The van der Waals surface area contributed by atoms with Gasteiger partial charge in [-0.1, -0.05) is 51.1 Å². The number of benzene rings is 2. The molecule has 0 saturated heterocycles. The van der Waals surface area contributed by atoms with Crippen LogP contribution < -0.4 is 32.6 Å². The minimum Gasteiger partial charge on any atom is -0.460 e. The first-order chi connectivity index (χ1) is 35.3. The fourth-order valence-electron chi connectivity index (χ4n) is 9.86. The number of amides is 4. The molecule has 2 aliphatic heterocycles. The number of ether oxygens (including phenoxy) is 2. The van der Waals surface area contributed by atoms with Crippen molar-refractivity contribution in [3.8, 4) is 11.4 Å². The maximum absolute atomic E-state index is 15.5. The van der Waals surface area contributed by atoms with Crippen LogP contribution in [0, 0.1) is 18.2 Å². The Morgan fingerprint density at radius 3 is 2.36 bits per heavy atom. The summed E-state index contributed by atoms with van der Waals surface area (Å²) in [6.07, 6.45) is -0.217. The minimum absolute atomic E-state index is 0.0390. The van der Waals surface area contributed by atoms with Gasteiger partial charge in [0.1, 0.15) is 18.0 Å². The molecule has 0 bridgehead atoms. The van der Waals surface area contributed by atoms with Gasteiger partial charge >= 0.3 is 11.9 Å². The number of carbonyl (C=O) groups excluding carboxylic acids is 8. The Balaban J connectivity index is 0.948. The molecule has 0 fully saturated rings. The highest BCUT2D eigenvalue weighted by Crippen LogP contribution is 2.46. The molecule has 4 amide bonds. The Bertz CT molecular complexity index is 3040. The summed E-state index contributed by atoms with van der Waals surface area (Å²) in [5, 5.41) is 23.2. The fourth-order valence-corrected chi connectivity index (χ4v) is 9.86. The number of hydrogen-bond donors (Lipinski definition) is 6. The number of hydrogen-bond acceptors (Lipinski definition) is 14. The molecule has 19 nitrogen and oxygen atoms in total. The zero-order valence-electron chi connectivity index (χ0n) is 43.5. The third kappa shape index (κ3) is 12.3. The lowest BCUT2D eigenvalue weighted by Crippen LogP contribution is -2.45. The molecule has 4 atom stereocenters. The van der Waals surface area contributed by atoms with Crippen LogP contribution in [0.4, 0.5) is 4.39 Å². The number of nitrogens with zero attached hydrogens (tertiary/aromatic N) is 2. The van der Waals surface area contributed by atoms with Gasteiger partial charge in [0.15, 0.2) is 17.2 Å². The number of aryl methyl sites for hydroxylation is 1. The van der Waals surface area contributed by atoms with E-state index in [9.17, 15) is 48.3 Å². The highest BCUT2D eigenvalue weighted by molar-refractivity contribution is 5.96. The summed E-state index contributed by atoms with van der Waals surface area (Å²) in [6.45, 7) is 11.2. The summed E-state index contributed by atoms with van der Waals surface area (Å²) in [5.41, 5.74) is 6.22. The predicted molar refractivity (Wildman–Crippen MR) is 272 cm³/mol. The quantitative estimate of drug-likeness (QED) is 0.0571. The summed E-state index contributed by atoms with van der Waals surface area (Å²) >= 11 is 0. The van der Waals surface area contributed by atoms with Crippen molar-refractivity contribution in [1.82, 2.24) is 30.8 Å². The molecule has 1 aliphatic carbocycles. The summed E-state index contributed by atoms with van der Waals surface area (Å²) in [5.74, 6) is -4.97. The van der Waals surface area contributed by atoms with Crippen molar-refractivity contribution >= 4 is 58.0 Å². The van der Waals surface area contributed by atoms with E-state index in [1.165, 1.54) is 10.6 Å². The number of aromatic nitrogens is 2. The van der Waals surface area contributed by atoms with E-state index < -0.39 is 93.9 Å². The van der Waals surface area contributed by atoms with Crippen LogP contribution in [0.1, 0.15) is 138 Å². The summed E-state index contributed by atoms with van der Waals surface area (Å²) in [4.78, 5) is 123. The van der Waals surface area contributed by atoms with Gasteiger partial charge in [-0.3, -0.25) is 38.4 Å². The van der Waals surface area contributed by atoms with Gasteiger partial charge in [0.05, 0.1) is 60.1 Å². The van der Waals surface area contributed by atoms with Gasteiger partial charge in [-0.2, -0.15) is 0 Å². The van der Waals surface area contributed by atoms with Crippen LogP contribution in [0.5, 0.6) is 0 Å². The number of esters is 2.